The summed E-state index contributed by atoms with van der Waals surface area (Å²) in [5.74, 6) is -0.000319. The lowest BCUT2D eigenvalue weighted by Gasteiger charge is -2.07. The highest BCUT2D eigenvalue weighted by Crippen LogP contribution is 2.18. The minimum Gasteiger partial charge on any atom is -0.383 e. The van der Waals surface area contributed by atoms with E-state index in [1.165, 1.54) is 24.3 Å². The third-order valence-corrected chi connectivity index (χ3v) is 2.67. The average Bonchev–Trinajstić information content (AvgIpc) is 2.11. The highest BCUT2D eigenvalue weighted by atomic mass is 32.2. The molecular formula is C9H12N2O6S2. The second-order valence-electron chi connectivity index (χ2n) is 3.64. The van der Waals surface area contributed by atoms with E-state index < -0.39 is 26.2 Å². The van der Waals surface area contributed by atoms with Crippen molar-refractivity contribution in [2.75, 3.05) is 17.8 Å². The van der Waals surface area contributed by atoms with Crippen LogP contribution in [0.25, 0.3) is 0 Å². The molecule has 1 rings (SSSR count). The molecule has 10 heteroatoms. The first-order chi connectivity index (χ1) is 8.55. The number of sulfonamides is 1. The monoisotopic (exact) mass is 308 g/mol. The quantitative estimate of drug-likeness (QED) is 0.762. The maximum Gasteiger partial charge on any atom is 0.332 e. The second-order valence-corrected chi connectivity index (χ2v) is 6.97. The molecule has 0 saturated heterocycles. The number of hydrogen-bond acceptors (Lipinski definition) is 6. The van der Waals surface area contributed by atoms with Gasteiger partial charge in [-0.15, -0.1) is 0 Å². The number of carbonyl (C=O) groups excluding carboxylic acids is 1. The predicted molar refractivity (Wildman–Crippen MR) is 68.9 cm³/mol. The van der Waals surface area contributed by atoms with Crippen LogP contribution in [-0.2, 0) is 20.1 Å². The number of rotatable bonds is 4. The van der Waals surface area contributed by atoms with Gasteiger partial charge in [0.2, 0.25) is 10.0 Å². The molecule has 0 aliphatic heterocycles. The van der Waals surface area contributed by atoms with Gasteiger partial charge in [-0.1, -0.05) is 6.07 Å². The normalized spacial score (nSPS) is 11.7. The summed E-state index contributed by atoms with van der Waals surface area (Å²) in [6.45, 7) is 0. The van der Waals surface area contributed by atoms with E-state index in [0.29, 0.717) is 0 Å². The molecule has 0 heterocycles. The van der Waals surface area contributed by atoms with Crippen molar-refractivity contribution in [1.29, 1.82) is 0 Å². The molecule has 0 bridgehead atoms. The molecule has 0 aromatic heterocycles. The number of carbonyl (C=O) groups is 1. The topological polar surface area (TPSA) is 119 Å². The van der Waals surface area contributed by atoms with E-state index in [0.717, 1.165) is 12.5 Å². The summed E-state index contributed by atoms with van der Waals surface area (Å²) in [6, 6.07) is 4.54. The standard InChI is InChI=1S/C9H12N2O6S2/c1-18(13,14)11-9(12)10-7-4-3-5-8(6-7)17-19(2,15)16/h3-6H,1-2H3,(H2,10,11,12). The average molecular weight is 308 g/mol. The van der Waals surface area contributed by atoms with Gasteiger partial charge in [0, 0.05) is 11.8 Å². The maximum absolute atomic E-state index is 11.3. The van der Waals surface area contributed by atoms with Crippen LogP contribution in [0.15, 0.2) is 24.3 Å². The number of nitrogens with one attached hydrogen (secondary N) is 2. The molecule has 0 spiro atoms. The van der Waals surface area contributed by atoms with Gasteiger partial charge < -0.3 is 9.50 Å². The smallest absolute Gasteiger partial charge is 0.332 e. The predicted octanol–water partition coefficient (Wildman–Crippen LogP) is 0.106. The van der Waals surface area contributed by atoms with Crippen molar-refractivity contribution >= 4 is 31.9 Å². The molecule has 0 aliphatic carbocycles. The molecule has 0 fully saturated rings. The zero-order chi connectivity index (χ0) is 14.7. The van der Waals surface area contributed by atoms with Crippen LogP contribution in [0, 0.1) is 0 Å². The molecule has 1 aromatic rings. The van der Waals surface area contributed by atoms with Gasteiger partial charge in [-0.05, 0) is 12.1 Å². The lowest BCUT2D eigenvalue weighted by molar-refractivity contribution is 0.256. The van der Waals surface area contributed by atoms with Crippen LogP contribution >= 0.6 is 0 Å². The molecule has 0 saturated carbocycles. The first-order valence-corrected chi connectivity index (χ1v) is 8.54. The van der Waals surface area contributed by atoms with Gasteiger partial charge in [0.05, 0.1) is 12.5 Å². The van der Waals surface area contributed by atoms with Crippen molar-refractivity contribution in [2.24, 2.45) is 0 Å². The zero-order valence-electron chi connectivity index (χ0n) is 10.1. The van der Waals surface area contributed by atoms with Crippen LogP contribution in [-0.4, -0.2) is 35.4 Å². The third-order valence-electron chi connectivity index (χ3n) is 1.62. The number of amides is 2. The van der Waals surface area contributed by atoms with Gasteiger partial charge >= 0.3 is 16.1 Å². The van der Waals surface area contributed by atoms with E-state index in [1.807, 2.05) is 0 Å². The fourth-order valence-electron chi connectivity index (χ4n) is 1.13. The molecule has 2 amide bonds. The van der Waals surface area contributed by atoms with E-state index in [-0.39, 0.29) is 11.4 Å². The van der Waals surface area contributed by atoms with Crippen molar-refractivity contribution in [3.05, 3.63) is 24.3 Å². The molecular weight excluding hydrogens is 296 g/mol. The van der Waals surface area contributed by atoms with E-state index in [1.54, 1.807) is 4.72 Å². The molecule has 0 unspecified atom stereocenters. The fourth-order valence-corrected chi connectivity index (χ4v) is 1.97. The van der Waals surface area contributed by atoms with Crippen LogP contribution in [0.2, 0.25) is 0 Å². The largest absolute Gasteiger partial charge is 0.383 e. The first kappa shape index (κ1) is 15.2. The van der Waals surface area contributed by atoms with Crippen LogP contribution in [0.4, 0.5) is 10.5 Å². The Hall–Kier alpha value is -1.81. The molecule has 8 nitrogen and oxygen atoms in total. The molecule has 0 radical (unpaired) electrons. The number of hydrogen-bond donors (Lipinski definition) is 2. The van der Waals surface area contributed by atoms with E-state index in [9.17, 15) is 21.6 Å². The zero-order valence-corrected chi connectivity index (χ0v) is 11.7. The summed E-state index contributed by atoms with van der Waals surface area (Å²) in [6.07, 6.45) is 1.71. The Labute approximate surface area is 110 Å². The second kappa shape index (κ2) is 5.45. The van der Waals surface area contributed by atoms with Crippen LogP contribution in [0.1, 0.15) is 0 Å². The van der Waals surface area contributed by atoms with Gasteiger partial charge in [0.25, 0.3) is 0 Å². The van der Waals surface area contributed by atoms with Crippen molar-refractivity contribution < 1.29 is 25.8 Å². The van der Waals surface area contributed by atoms with Crippen LogP contribution in [0.5, 0.6) is 5.75 Å². The van der Waals surface area contributed by atoms with Gasteiger partial charge in [0.15, 0.2) is 0 Å². The van der Waals surface area contributed by atoms with Gasteiger partial charge in [-0.3, -0.25) is 0 Å². The van der Waals surface area contributed by atoms with Crippen molar-refractivity contribution in [3.63, 3.8) is 0 Å². The summed E-state index contributed by atoms with van der Waals surface area (Å²) in [4.78, 5) is 11.3. The fraction of sp³-hybridized carbons (Fsp3) is 0.222. The molecule has 19 heavy (non-hydrogen) atoms. The summed E-state index contributed by atoms with van der Waals surface area (Å²) in [5.41, 5.74) is 0.183. The summed E-state index contributed by atoms with van der Waals surface area (Å²) >= 11 is 0. The third kappa shape index (κ3) is 6.62. The lowest BCUT2D eigenvalue weighted by Crippen LogP contribution is -2.33. The minimum absolute atomic E-state index is 0.000319. The molecule has 2 N–H and O–H groups in total. The summed E-state index contributed by atoms with van der Waals surface area (Å²) in [5, 5.41) is 2.22. The van der Waals surface area contributed by atoms with Gasteiger partial charge in [-0.2, -0.15) is 8.42 Å². The first-order valence-electron chi connectivity index (χ1n) is 4.83. The Kier molecular flexibility index (Phi) is 4.37. The molecule has 0 atom stereocenters. The Morgan fingerprint density at radius 2 is 1.79 bits per heavy atom. The SMILES string of the molecule is CS(=O)(=O)NC(=O)Nc1cccc(OS(C)(=O)=O)c1. The lowest BCUT2D eigenvalue weighted by atomic mass is 10.3. The number of benzene rings is 1. The number of urea groups is 1. The summed E-state index contributed by atoms with van der Waals surface area (Å²) < 4.78 is 49.8. The van der Waals surface area contributed by atoms with E-state index in [4.69, 9.17) is 0 Å². The maximum atomic E-state index is 11.3. The highest BCUT2D eigenvalue weighted by molar-refractivity contribution is 7.89. The van der Waals surface area contributed by atoms with Crippen LogP contribution in [0.3, 0.4) is 0 Å². The Morgan fingerprint density at radius 1 is 1.16 bits per heavy atom. The van der Waals surface area contributed by atoms with E-state index >= 15 is 0 Å². The summed E-state index contributed by atoms with van der Waals surface area (Å²) in [7, 11) is -7.35. The van der Waals surface area contributed by atoms with Gasteiger partial charge in [-0.25, -0.2) is 17.9 Å². The molecule has 1 aromatic carbocycles. The Morgan fingerprint density at radius 3 is 2.32 bits per heavy atom. The van der Waals surface area contributed by atoms with Crippen molar-refractivity contribution in [1.82, 2.24) is 4.72 Å². The molecule has 0 aliphatic rings. The van der Waals surface area contributed by atoms with Crippen LogP contribution < -0.4 is 14.2 Å². The molecule has 106 valence electrons. The Bertz CT molecular complexity index is 680. The highest BCUT2D eigenvalue weighted by Gasteiger charge is 2.09. The van der Waals surface area contributed by atoms with E-state index in [2.05, 4.69) is 9.50 Å². The minimum atomic E-state index is -3.68. The van der Waals surface area contributed by atoms with Crippen molar-refractivity contribution in [2.45, 2.75) is 0 Å². The van der Waals surface area contributed by atoms with Crippen molar-refractivity contribution in [3.8, 4) is 5.75 Å². The Balaban J connectivity index is 2.81. The van der Waals surface area contributed by atoms with Gasteiger partial charge in [0.1, 0.15) is 5.75 Å². The number of anilines is 1.